The minimum atomic E-state index is -0.461. The van der Waals surface area contributed by atoms with Crippen LogP contribution < -0.4 is 14.8 Å². The maximum Gasteiger partial charge on any atom is 0.341 e. The fraction of sp³-hybridized carbons (Fsp3) is 0.222. The zero-order valence-electron chi connectivity index (χ0n) is 14.0. The normalized spacial score (nSPS) is 12.4. The van der Waals surface area contributed by atoms with Gasteiger partial charge in [0.05, 0.1) is 12.7 Å². The molecule has 7 heteroatoms. The van der Waals surface area contributed by atoms with Crippen LogP contribution in [0.4, 0.5) is 5.00 Å². The lowest BCUT2D eigenvalue weighted by Gasteiger charge is -2.04. The second-order valence-electron chi connectivity index (χ2n) is 5.41. The third-order valence-electron chi connectivity index (χ3n) is 3.84. The van der Waals surface area contributed by atoms with E-state index in [1.807, 2.05) is 19.9 Å². The Balaban J connectivity index is 1.75. The largest absolute Gasteiger partial charge is 0.465 e. The molecule has 0 atom stereocenters. The Bertz CT molecular complexity index is 869. The van der Waals surface area contributed by atoms with Gasteiger partial charge in [0, 0.05) is 11.0 Å². The van der Waals surface area contributed by atoms with Crippen molar-refractivity contribution in [2.75, 3.05) is 19.2 Å². The van der Waals surface area contributed by atoms with Gasteiger partial charge in [0.25, 0.3) is 0 Å². The van der Waals surface area contributed by atoms with Gasteiger partial charge in [-0.3, -0.25) is 4.79 Å². The van der Waals surface area contributed by atoms with E-state index in [2.05, 4.69) is 5.32 Å². The van der Waals surface area contributed by atoms with Crippen molar-refractivity contribution < 1.29 is 23.8 Å². The number of aryl methyl sites for hydroxylation is 1. The molecule has 130 valence electrons. The molecule has 0 fully saturated rings. The third kappa shape index (κ3) is 3.51. The summed E-state index contributed by atoms with van der Waals surface area (Å²) in [6.07, 6.45) is 3.07. The van der Waals surface area contributed by atoms with Crippen LogP contribution in [0.3, 0.4) is 0 Å². The summed E-state index contributed by atoms with van der Waals surface area (Å²) < 4.78 is 15.4. The minimum absolute atomic E-state index is 0.205. The number of carbonyl (C=O) groups excluding carboxylic acids is 2. The van der Waals surface area contributed by atoms with Crippen molar-refractivity contribution >= 4 is 34.3 Å². The van der Waals surface area contributed by atoms with Crippen molar-refractivity contribution in [1.82, 2.24) is 0 Å². The first-order chi connectivity index (χ1) is 12.0. The van der Waals surface area contributed by atoms with Gasteiger partial charge in [-0.2, -0.15) is 0 Å². The molecule has 0 saturated heterocycles. The molecule has 3 rings (SSSR count). The lowest BCUT2D eigenvalue weighted by molar-refractivity contribution is -0.111. The molecule has 0 saturated carbocycles. The van der Waals surface area contributed by atoms with Gasteiger partial charge < -0.3 is 19.5 Å². The molecule has 1 aromatic heterocycles. The summed E-state index contributed by atoms with van der Waals surface area (Å²) in [4.78, 5) is 25.1. The number of thiophene rings is 1. The van der Waals surface area contributed by atoms with E-state index in [-0.39, 0.29) is 12.7 Å². The number of hydrogen-bond donors (Lipinski definition) is 1. The van der Waals surface area contributed by atoms with Crippen molar-refractivity contribution in [3.8, 4) is 11.5 Å². The highest BCUT2D eigenvalue weighted by atomic mass is 32.1. The predicted octanol–water partition coefficient (Wildman–Crippen LogP) is 3.53. The number of hydrogen-bond acceptors (Lipinski definition) is 6. The lowest BCUT2D eigenvalue weighted by Crippen LogP contribution is -2.11. The third-order valence-corrected chi connectivity index (χ3v) is 4.96. The predicted molar refractivity (Wildman–Crippen MR) is 95.4 cm³/mol. The first-order valence-corrected chi connectivity index (χ1v) is 8.38. The van der Waals surface area contributed by atoms with Gasteiger partial charge in [-0.15, -0.1) is 11.3 Å². The van der Waals surface area contributed by atoms with Gasteiger partial charge in [-0.05, 0) is 43.2 Å². The van der Waals surface area contributed by atoms with Crippen LogP contribution in [-0.2, 0) is 9.53 Å². The fourth-order valence-electron chi connectivity index (χ4n) is 2.41. The average Bonchev–Trinajstić information content (AvgIpc) is 3.17. The topological polar surface area (TPSA) is 73.9 Å². The van der Waals surface area contributed by atoms with Crippen molar-refractivity contribution in [2.45, 2.75) is 13.8 Å². The molecule has 0 radical (unpaired) electrons. The van der Waals surface area contributed by atoms with Crippen LogP contribution in [0.2, 0.25) is 0 Å². The summed E-state index contributed by atoms with van der Waals surface area (Å²) in [7, 11) is 1.32. The van der Waals surface area contributed by atoms with Crippen LogP contribution in [0.1, 0.15) is 26.4 Å². The molecule has 25 heavy (non-hydrogen) atoms. The van der Waals surface area contributed by atoms with Gasteiger partial charge in [-0.25, -0.2) is 4.79 Å². The fourth-order valence-corrected chi connectivity index (χ4v) is 3.46. The van der Waals surface area contributed by atoms with E-state index in [1.165, 1.54) is 24.5 Å². The summed E-state index contributed by atoms with van der Waals surface area (Å²) in [6, 6.07) is 5.42. The number of esters is 1. The van der Waals surface area contributed by atoms with Crippen LogP contribution in [0.25, 0.3) is 6.08 Å². The molecule has 1 amide bonds. The smallest absolute Gasteiger partial charge is 0.341 e. The van der Waals surface area contributed by atoms with Gasteiger partial charge >= 0.3 is 5.97 Å². The maximum absolute atomic E-state index is 12.2. The zero-order valence-corrected chi connectivity index (χ0v) is 14.9. The van der Waals surface area contributed by atoms with Gasteiger partial charge in [-0.1, -0.05) is 6.07 Å². The molecule has 0 aliphatic carbocycles. The second-order valence-corrected chi connectivity index (χ2v) is 6.64. The first-order valence-electron chi connectivity index (χ1n) is 7.56. The van der Waals surface area contributed by atoms with E-state index in [9.17, 15) is 9.59 Å². The number of fused-ring (bicyclic) bond motifs is 1. The molecule has 0 spiro atoms. The Labute approximate surface area is 149 Å². The number of anilines is 1. The number of ether oxygens (including phenoxy) is 3. The Kier molecular flexibility index (Phi) is 4.76. The van der Waals surface area contributed by atoms with E-state index in [0.29, 0.717) is 22.1 Å². The molecule has 1 aliphatic heterocycles. The molecule has 0 bridgehead atoms. The molecule has 2 aromatic rings. The maximum atomic E-state index is 12.2. The molecule has 1 N–H and O–H groups in total. The SMILES string of the molecule is COC(=O)c1c(NC(=O)C=Cc2ccc3c(c2)OCO3)sc(C)c1C. The van der Waals surface area contributed by atoms with E-state index >= 15 is 0 Å². The van der Waals surface area contributed by atoms with E-state index < -0.39 is 5.97 Å². The first kappa shape index (κ1) is 17.0. The van der Waals surface area contributed by atoms with Crippen LogP contribution >= 0.6 is 11.3 Å². The minimum Gasteiger partial charge on any atom is -0.465 e. The zero-order chi connectivity index (χ0) is 18.0. The quantitative estimate of drug-likeness (QED) is 0.668. The summed E-state index contributed by atoms with van der Waals surface area (Å²) in [6.45, 7) is 3.93. The van der Waals surface area contributed by atoms with Crippen molar-refractivity contribution in [2.24, 2.45) is 0 Å². The second kappa shape index (κ2) is 6.98. The van der Waals surface area contributed by atoms with Crippen molar-refractivity contribution in [3.05, 3.63) is 45.8 Å². The Morgan fingerprint density at radius 1 is 1.24 bits per heavy atom. The molecule has 1 aromatic carbocycles. The monoisotopic (exact) mass is 359 g/mol. The van der Waals surface area contributed by atoms with E-state index in [0.717, 1.165) is 16.0 Å². The van der Waals surface area contributed by atoms with Gasteiger partial charge in [0.2, 0.25) is 12.7 Å². The van der Waals surface area contributed by atoms with Crippen molar-refractivity contribution in [3.63, 3.8) is 0 Å². The molecular formula is C18H17NO5S. The number of carbonyl (C=O) groups is 2. The Hall–Kier alpha value is -2.80. The van der Waals surface area contributed by atoms with Crippen LogP contribution in [0, 0.1) is 13.8 Å². The van der Waals surface area contributed by atoms with Gasteiger partial charge in [0.1, 0.15) is 5.00 Å². The summed E-state index contributed by atoms with van der Waals surface area (Å²) >= 11 is 1.35. The van der Waals surface area contributed by atoms with Gasteiger partial charge in [0.15, 0.2) is 11.5 Å². The molecular weight excluding hydrogens is 342 g/mol. The molecule has 2 heterocycles. The molecule has 6 nitrogen and oxygen atoms in total. The van der Waals surface area contributed by atoms with E-state index in [1.54, 1.807) is 18.2 Å². The summed E-state index contributed by atoms with van der Waals surface area (Å²) in [5.41, 5.74) is 2.02. The average molecular weight is 359 g/mol. The molecule has 0 unspecified atom stereocenters. The number of benzene rings is 1. The summed E-state index contributed by atoms with van der Waals surface area (Å²) in [5, 5.41) is 3.23. The Morgan fingerprint density at radius 2 is 2.00 bits per heavy atom. The van der Waals surface area contributed by atoms with Crippen molar-refractivity contribution in [1.29, 1.82) is 0 Å². The number of nitrogens with one attached hydrogen (secondary N) is 1. The standard InChI is InChI=1S/C18H17NO5S/c1-10-11(2)25-17(16(10)18(21)22-3)19-15(20)7-5-12-4-6-13-14(8-12)24-9-23-13/h4-8H,9H2,1-3H3,(H,19,20). The highest BCUT2D eigenvalue weighted by Gasteiger charge is 2.21. The van der Waals surface area contributed by atoms with E-state index in [4.69, 9.17) is 14.2 Å². The number of amides is 1. The number of rotatable bonds is 4. The van der Waals surface area contributed by atoms with Crippen LogP contribution in [-0.4, -0.2) is 25.8 Å². The number of methoxy groups -OCH3 is 1. The Morgan fingerprint density at radius 3 is 2.76 bits per heavy atom. The highest BCUT2D eigenvalue weighted by Crippen LogP contribution is 2.34. The van der Waals surface area contributed by atoms with Crippen LogP contribution in [0.5, 0.6) is 11.5 Å². The van der Waals surface area contributed by atoms with Crippen LogP contribution in [0.15, 0.2) is 24.3 Å². The molecule has 1 aliphatic rings. The highest BCUT2D eigenvalue weighted by molar-refractivity contribution is 7.16. The lowest BCUT2D eigenvalue weighted by atomic mass is 10.1. The summed E-state index contributed by atoms with van der Waals surface area (Å²) in [5.74, 6) is 0.551.